The molecule has 0 N–H and O–H groups in total. The number of aldehydes is 1. The average molecular weight is 392 g/mol. The lowest BCUT2D eigenvalue weighted by atomic mass is 9.83. The topological polar surface area (TPSA) is 26.3 Å². The molecule has 0 amide bonds. The third kappa shape index (κ3) is 7.51. The number of carbonyl (C=O) groups is 1. The Kier molecular flexibility index (Phi) is 7.97. The molecule has 0 atom stereocenters. The van der Waals surface area contributed by atoms with Crippen molar-refractivity contribution in [3.63, 3.8) is 0 Å². The summed E-state index contributed by atoms with van der Waals surface area (Å²) in [4.78, 5) is 10.3. The minimum Gasteiger partial charge on any atom is -0.394 e. The quantitative estimate of drug-likeness (QED) is 0.157. The van der Waals surface area contributed by atoms with E-state index in [0.29, 0.717) is 19.3 Å². The fourth-order valence-electron chi connectivity index (χ4n) is 2.29. The second-order valence-corrected chi connectivity index (χ2v) is 12.2. The molecule has 9 heteroatoms. The van der Waals surface area contributed by atoms with Gasteiger partial charge in [-0.05, 0) is 50.4 Å². The average Bonchev–Trinajstić information content (AvgIpc) is 2.33. The Labute approximate surface area is 145 Å². The predicted molar refractivity (Wildman–Crippen MR) is 86.7 cm³/mol. The van der Waals surface area contributed by atoms with Crippen molar-refractivity contribution in [1.29, 1.82) is 0 Å². The molecular weight excluding hydrogens is 366 g/mol. The van der Waals surface area contributed by atoms with Crippen LogP contribution in [0.3, 0.4) is 0 Å². The van der Waals surface area contributed by atoms with Gasteiger partial charge in [0.25, 0.3) is 5.60 Å². The lowest BCUT2D eigenvalue weighted by Crippen LogP contribution is -2.61. The third-order valence-corrected chi connectivity index (χ3v) is 4.44. The first-order chi connectivity index (χ1) is 11.0. The fourth-order valence-corrected chi connectivity index (χ4v) is 3.56. The molecule has 0 rings (SSSR count). The van der Waals surface area contributed by atoms with Gasteiger partial charge in [-0.2, -0.15) is 26.3 Å². The largest absolute Gasteiger partial charge is 0.429 e. The van der Waals surface area contributed by atoms with E-state index in [0.717, 1.165) is 12.4 Å². The number of halogens is 6. The first-order valence-corrected chi connectivity index (χ1v) is 11.3. The van der Waals surface area contributed by atoms with E-state index >= 15 is 0 Å². The van der Waals surface area contributed by atoms with Crippen LogP contribution in [0.25, 0.3) is 0 Å². The van der Waals surface area contributed by atoms with Gasteiger partial charge in [0.1, 0.15) is 6.29 Å². The standard InChI is InChI=1S/C16H26F6O2Si/c1-13(2,9-6-7-12-23)10-8-11-14(15(17,18)19,16(20,21)22)24-25(3,4)5/h8,11-12H,6-7,9-10H2,1-5H3/b11-8+. The summed E-state index contributed by atoms with van der Waals surface area (Å²) in [5.74, 6) is 0. The number of alkyl halides is 6. The first kappa shape index (κ1) is 24.2. The van der Waals surface area contributed by atoms with Crippen LogP contribution in [0.5, 0.6) is 0 Å². The van der Waals surface area contributed by atoms with Gasteiger partial charge in [0, 0.05) is 6.42 Å². The highest BCUT2D eigenvalue weighted by Crippen LogP contribution is 2.48. The molecule has 0 heterocycles. The van der Waals surface area contributed by atoms with Crippen LogP contribution in [-0.4, -0.2) is 32.6 Å². The normalized spacial score (nSPS) is 15.0. The Morgan fingerprint density at radius 2 is 1.44 bits per heavy atom. The Hall–Kier alpha value is -0.833. The number of hydrogen-bond acceptors (Lipinski definition) is 2. The van der Waals surface area contributed by atoms with Crippen LogP contribution in [0.2, 0.25) is 19.6 Å². The monoisotopic (exact) mass is 392 g/mol. The number of allylic oxidation sites excluding steroid dienone is 1. The maximum absolute atomic E-state index is 13.4. The molecule has 0 spiro atoms. The molecule has 148 valence electrons. The van der Waals surface area contributed by atoms with Crippen molar-refractivity contribution in [2.45, 2.75) is 77.1 Å². The molecule has 0 bridgehead atoms. The maximum atomic E-state index is 13.4. The Bertz CT molecular complexity index is 447. The van der Waals surface area contributed by atoms with E-state index in [9.17, 15) is 31.1 Å². The molecule has 0 aromatic heterocycles. The molecule has 0 aliphatic heterocycles. The van der Waals surface area contributed by atoms with E-state index in [1.54, 1.807) is 13.8 Å². The molecule has 0 aliphatic carbocycles. The highest BCUT2D eigenvalue weighted by Gasteiger charge is 2.71. The molecule has 0 fully saturated rings. The number of unbranched alkanes of at least 4 members (excludes halogenated alkanes) is 1. The second-order valence-electron chi connectivity index (χ2n) is 7.78. The van der Waals surface area contributed by atoms with Crippen LogP contribution >= 0.6 is 0 Å². The number of rotatable bonds is 9. The zero-order valence-electron chi connectivity index (χ0n) is 15.1. The lowest BCUT2D eigenvalue weighted by molar-refractivity contribution is -0.340. The molecule has 0 aromatic carbocycles. The van der Waals surface area contributed by atoms with Gasteiger partial charge >= 0.3 is 12.4 Å². The van der Waals surface area contributed by atoms with Crippen molar-refractivity contribution in [2.75, 3.05) is 0 Å². The summed E-state index contributed by atoms with van der Waals surface area (Å²) in [5.41, 5.74) is -4.83. The minimum absolute atomic E-state index is 0.00876. The Morgan fingerprint density at radius 3 is 1.80 bits per heavy atom. The zero-order valence-corrected chi connectivity index (χ0v) is 16.1. The van der Waals surface area contributed by atoms with Gasteiger partial charge in [-0.25, -0.2) is 0 Å². The lowest BCUT2D eigenvalue weighted by Gasteiger charge is -2.39. The van der Waals surface area contributed by atoms with Crippen molar-refractivity contribution in [1.82, 2.24) is 0 Å². The van der Waals surface area contributed by atoms with Crippen molar-refractivity contribution < 1.29 is 35.6 Å². The van der Waals surface area contributed by atoms with Crippen molar-refractivity contribution >= 4 is 14.6 Å². The molecular formula is C16H26F6O2Si. The van der Waals surface area contributed by atoms with Gasteiger partial charge in [0.05, 0.1) is 0 Å². The van der Waals surface area contributed by atoms with Crippen molar-refractivity contribution in [3.8, 4) is 0 Å². The molecule has 0 aliphatic rings. The second kappa shape index (κ2) is 8.24. The van der Waals surface area contributed by atoms with Gasteiger partial charge in [-0.15, -0.1) is 0 Å². The van der Waals surface area contributed by atoms with Crippen molar-refractivity contribution in [3.05, 3.63) is 12.2 Å². The molecule has 0 saturated carbocycles. The van der Waals surface area contributed by atoms with Gasteiger partial charge in [0.2, 0.25) is 0 Å². The van der Waals surface area contributed by atoms with Gasteiger partial charge < -0.3 is 9.22 Å². The van der Waals surface area contributed by atoms with E-state index in [1.165, 1.54) is 19.6 Å². The van der Waals surface area contributed by atoms with Gasteiger partial charge in [-0.3, -0.25) is 0 Å². The molecule has 25 heavy (non-hydrogen) atoms. The zero-order chi connectivity index (χ0) is 20.2. The van der Waals surface area contributed by atoms with Crippen LogP contribution < -0.4 is 0 Å². The number of hydrogen-bond donors (Lipinski definition) is 0. The smallest absolute Gasteiger partial charge is 0.394 e. The summed E-state index contributed by atoms with van der Waals surface area (Å²) in [7, 11) is -3.16. The molecule has 2 nitrogen and oxygen atoms in total. The predicted octanol–water partition coefficient (Wildman–Crippen LogP) is 6.04. The third-order valence-electron chi connectivity index (χ3n) is 3.51. The minimum atomic E-state index is -5.62. The summed E-state index contributed by atoms with van der Waals surface area (Å²) in [6, 6.07) is 0. The maximum Gasteiger partial charge on any atom is 0.429 e. The molecule has 0 aromatic rings. The molecule has 0 radical (unpaired) electrons. The Morgan fingerprint density at radius 1 is 0.960 bits per heavy atom. The summed E-state index contributed by atoms with van der Waals surface area (Å²) in [5, 5.41) is 0. The van der Waals surface area contributed by atoms with Crippen LogP contribution in [0.15, 0.2) is 12.2 Å². The van der Waals surface area contributed by atoms with Crippen LogP contribution in [-0.2, 0) is 9.22 Å². The molecule has 0 saturated heterocycles. The van der Waals surface area contributed by atoms with Gasteiger partial charge in [-0.1, -0.05) is 19.9 Å². The van der Waals surface area contributed by atoms with E-state index in [-0.39, 0.29) is 12.5 Å². The van der Waals surface area contributed by atoms with E-state index in [4.69, 9.17) is 0 Å². The van der Waals surface area contributed by atoms with E-state index < -0.39 is 31.7 Å². The first-order valence-electron chi connectivity index (χ1n) is 7.92. The summed E-state index contributed by atoms with van der Waals surface area (Å²) in [6.45, 7) is 7.28. The summed E-state index contributed by atoms with van der Waals surface area (Å²) >= 11 is 0. The van der Waals surface area contributed by atoms with E-state index in [1.807, 2.05) is 0 Å². The Balaban J connectivity index is 5.60. The van der Waals surface area contributed by atoms with Gasteiger partial charge in [0.15, 0.2) is 8.32 Å². The highest BCUT2D eigenvalue weighted by molar-refractivity contribution is 6.69. The van der Waals surface area contributed by atoms with Crippen molar-refractivity contribution in [2.24, 2.45) is 5.41 Å². The van der Waals surface area contributed by atoms with Crippen LogP contribution in [0.1, 0.15) is 39.5 Å². The van der Waals surface area contributed by atoms with E-state index in [2.05, 4.69) is 4.43 Å². The summed E-state index contributed by atoms with van der Waals surface area (Å²) < 4.78 is 84.8. The number of carbonyl (C=O) groups excluding carboxylic acids is 1. The van der Waals surface area contributed by atoms with Crippen LogP contribution in [0, 0.1) is 5.41 Å². The molecule has 0 unspecified atom stereocenters. The highest BCUT2D eigenvalue weighted by atomic mass is 28.4. The SMILES string of the molecule is CC(C)(C/C=C/C(O[Si](C)(C)C)(C(F)(F)F)C(F)(F)F)CCCC=O. The fraction of sp³-hybridized carbons (Fsp3) is 0.812. The summed E-state index contributed by atoms with van der Waals surface area (Å²) in [6.07, 6.45) is -8.17. The van der Waals surface area contributed by atoms with Crippen LogP contribution in [0.4, 0.5) is 26.3 Å².